The number of aromatic nitrogens is 5. The summed E-state index contributed by atoms with van der Waals surface area (Å²) in [6.07, 6.45) is 8.99. The Hall–Kier alpha value is -3.73. The van der Waals surface area contributed by atoms with Crippen molar-refractivity contribution in [1.29, 1.82) is 0 Å². The number of ether oxygens (including phenoxy) is 1. The van der Waals surface area contributed by atoms with Gasteiger partial charge in [-0.25, -0.2) is 24.3 Å². The molecule has 5 heterocycles. The van der Waals surface area contributed by atoms with E-state index in [1.807, 2.05) is 31.5 Å². The SMILES string of the molecule is CC(O)c1cnc(N2CCN(c3ncnn4cc(C5=CCN(C(=O)OC(C)(C)C)CC5)cc34)CC2)nc1. The van der Waals surface area contributed by atoms with Gasteiger partial charge in [-0.15, -0.1) is 0 Å². The van der Waals surface area contributed by atoms with E-state index in [-0.39, 0.29) is 6.09 Å². The lowest BCUT2D eigenvalue weighted by molar-refractivity contribution is 0.0270. The molecule has 3 aromatic heterocycles. The van der Waals surface area contributed by atoms with Gasteiger partial charge < -0.3 is 24.5 Å². The molecule has 196 valence electrons. The standard InChI is InChI=1S/C26H34N8O3/c1-18(35)21-14-27-24(28-15-21)32-11-9-31(10-12-32)23-22-13-20(16-34(22)30-17-29-23)19-5-7-33(8-6-19)25(36)37-26(2,3)4/h5,13-18,35H,6-12H2,1-4H3. The minimum atomic E-state index is -0.578. The van der Waals surface area contributed by atoms with E-state index in [4.69, 9.17) is 4.74 Å². The molecule has 0 saturated carbocycles. The maximum Gasteiger partial charge on any atom is 0.410 e. The lowest BCUT2D eigenvalue weighted by Gasteiger charge is -2.35. The van der Waals surface area contributed by atoms with Gasteiger partial charge in [0.25, 0.3) is 0 Å². The van der Waals surface area contributed by atoms with E-state index in [1.54, 1.807) is 30.5 Å². The zero-order chi connectivity index (χ0) is 26.2. The zero-order valence-electron chi connectivity index (χ0n) is 21.8. The van der Waals surface area contributed by atoms with Crippen LogP contribution in [0.5, 0.6) is 0 Å². The number of hydrogen-bond acceptors (Lipinski definition) is 9. The molecule has 5 rings (SSSR count). The van der Waals surface area contributed by atoms with Crippen LogP contribution in [-0.2, 0) is 4.74 Å². The van der Waals surface area contributed by atoms with Crippen LogP contribution in [-0.4, -0.2) is 85.5 Å². The Balaban J connectivity index is 1.27. The molecule has 1 amide bonds. The van der Waals surface area contributed by atoms with Crippen molar-refractivity contribution in [1.82, 2.24) is 29.5 Å². The second-order valence-corrected chi connectivity index (χ2v) is 10.5. The first-order valence-corrected chi connectivity index (χ1v) is 12.7. The summed E-state index contributed by atoms with van der Waals surface area (Å²) in [5.41, 5.74) is 3.45. The fraction of sp³-hybridized carbons (Fsp3) is 0.500. The minimum absolute atomic E-state index is 0.276. The van der Waals surface area contributed by atoms with Crippen LogP contribution in [0.2, 0.25) is 0 Å². The summed E-state index contributed by atoms with van der Waals surface area (Å²) in [7, 11) is 0. The maximum atomic E-state index is 12.4. The Morgan fingerprint density at radius 3 is 2.38 bits per heavy atom. The summed E-state index contributed by atoms with van der Waals surface area (Å²) < 4.78 is 7.39. The van der Waals surface area contributed by atoms with Gasteiger partial charge in [-0.2, -0.15) is 5.10 Å². The molecule has 11 nitrogen and oxygen atoms in total. The smallest absolute Gasteiger partial charge is 0.410 e. The molecule has 3 aromatic rings. The monoisotopic (exact) mass is 506 g/mol. The number of fused-ring (bicyclic) bond motifs is 1. The predicted molar refractivity (Wildman–Crippen MR) is 140 cm³/mol. The van der Waals surface area contributed by atoms with Crippen LogP contribution in [0.25, 0.3) is 11.1 Å². The number of amides is 1. The zero-order valence-corrected chi connectivity index (χ0v) is 21.8. The molecular weight excluding hydrogens is 472 g/mol. The number of aliphatic hydroxyl groups excluding tert-OH is 1. The van der Waals surface area contributed by atoms with Crippen LogP contribution in [0.15, 0.2) is 37.1 Å². The fourth-order valence-corrected chi connectivity index (χ4v) is 4.59. The molecule has 0 aliphatic carbocycles. The van der Waals surface area contributed by atoms with E-state index in [0.717, 1.165) is 49.5 Å². The van der Waals surface area contributed by atoms with Gasteiger partial charge in [0, 0.05) is 63.4 Å². The Morgan fingerprint density at radius 1 is 1.05 bits per heavy atom. The molecule has 2 aliphatic heterocycles. The highest BCUT2D eigenvalue weighted by atomic mass is 16.6. The van der Waals surface area contributed by atoms with Gasteiger partial charge in [0.15, 0.2) is 5.82 Å². The summed E-state index contributed by atoms with van der Waals surface area (Å²) in [6, 6.07) is 2.13. The molecule has 1 N–H and O–H groups in total. The second-order valence-electron chi connectivity index (χ2n) is 10.5. The Morgan fingerprint density at radius 2 is 1.76 bits per heavy atom. The topological polar surface area (TPSA) is 112 Å². The number of rotatable bonds is 4. The number of carbonyl (C=O) groups is 1. The number of aliphatic hydroxyl groups is 1. The summed E-state index contributed by atoms with van der Waals surface area (Å²) in [5.74, 6) is 1.57. The molecule has 1 saturated heterocycles. The van der Waals surface area contributed by atoms with E-state index in [0.29, 0.717) is 24.6 Å². The lowest BCUT2D eigenvalue weighted by atomic mass is 10.0. The molecule has 0 spiro atoms. The van der Waals surface area contributed by atoms with Crippen molar-refractivity contribution >= 4 is 28.9 Å². The molecule has 1 fully saturated rings. The van der Waals surface area contributed by atoms with Crippen molar-refractivity contribution < 1.29 is 14.6 Å². The summed E-state index contributed by atoms with van der Waals surface area (Å²) >= 11 is 0. The van der Waals surface area contributed by atoms with Crippen molar-refractivity contribution in [2.75, 3.05) is 49.1 Å². The second kappa shape index (κ2) is 9.97. The first-order chi connectivity index (χ1) is 17.7. The van der Waals surface area contributed by atoms with Gasteiger partial charge in [0.05, 0.1) is 6.10 Å². The number of nitrogens with zero attached hydrogens (tertiary/aromatic N) is 8. The Bertz CT molecular complexity index is 1290. The summed E-state index contributed by atoms with van der Waals surface area (Å²) in [4.78, 5) is 32.0. The number of carbonyl (C=O) groups excluding carboxylic acids is 1. The highest BCUT2D eigenvalue weighted by molar-refractivity contribution is 5.78. The van der Waals surface area contributed by atoms with Crippen LogP contribution in [0.4, 0.5) is 16.6 Å². The van der Waals surface area contributed by atoms with Gasteiger partial charge >= 0.3 is 6.09 Å². The normalized spacial score (nSPS) is 17.6. The average molecular weight is 507 g/mol. The summed E-state index contributed by atoms with van der Waals surface area (Å²) in [6.45, 7) is 11.6. The molecule has 0 bridgehead atoms. The highest BCUT2D eigenvalue weighted by Crippen LogP contribution is 2.29. The molecule has 37 heavy (non-hydrogen) atoms. The molecule has 1 unspecified atom stereocenters. The maximum absolute atomic E-state index is 12.4. The third-order valence-corrected chi connectivity index (χ3v) is 6.62. The van der Waals surface area contributed by atoms with Crippen molar-refractivity contribution in [3.05, 3.63) is 48.2 Å². The number of anilines is 2. The third-order valence-electron chi connectivity index (χ3n) is 6.62. The number of hydrogen-bond donors (Lipinski definition) is 1. The van der Waals surface area contributed by atoms with Crippen LogP contribution in [0.1, 0.15) is 51.3 Å². The van der Waals surface area contributed by atoms with Crippen molar-refractivity contribution in [3.63, 3.8) is 0 Å². The van der Waals surface area contributed by atoms with Gasteiger partial charge in [0.2, 0.25) is 5.95 Å². The van der Waals surface area contributed by atoms with E-state index < -0.39 is 11.7 Å². The van der Waals surface area contributed by atoms with E-state index in [9.17, 15) is 9.90 Å². The first-order valence-electron chi connectivity index (χ1n) is 12.7. The summed E-state index contributed by atoms with van der Waals surface area (Å²) in [5, 5.41) is 14.1. The van der Waals surface area contributed by atoms with Crippen LogP contribution >= 0.6 is 0 Å². The van der Waals surface area contributed by atoms with E-state index in [1.165, 1.54) is 5.57 Å². The van der Waals surface area contributed by atoms with Crippen LogP contribution in [0, 0.1) is 0 Å². The quantitative estimate of drug-likeness (QED) is 0.571. The number of piperazine rings is 1. The molecular formula is C26H34N8O3. The van der Waals surface area contributed by atoms with Gasteiger partial charge in [-0.05, 0) is 51.3 Å². The largest absolute Gasteiger partial charge is 0.444 e. The Kier molecular flexibility index (Phi) is 6.72. The minimum Gasteiger partial charge on any atom is -0.444 e. The molecule has 1 atom stereocenters. The molecule has 2 aliphatic rings. The Labute approximate surface area is 216 Å². The highest BCUT2D eigenvalue weighted by Gasteiger charge is 2.26. The first kappa shape index (κ1) is 24.9. The van der Waals surface area contributed by atoms with Crippen LogP contribution in [0.3, 0.4) is 0 Å². The predicted octanol–water partition coefficient (Wildman–Crippen LogP) is 2.92. The van der Waals surface area contributed by atoms with Crippen molar-refractivity contribution in [3.8, 4) is 0 Å². The van der Waals surface area contributed by atoms with Gasteiger partial charge in [0.1, 0.15) is 17.4 Å². The van der Waals surface area contributed by atoms with Gasteiger partial charge in [-0.3, -0.25) is 0 Å². The van der Waals surface area contributed by atoms with Crippen molar-refractivity contribution in [2.24, 2.45) is 0 Å². The van der Waals surface area contributed by atoms with E-state index in [2.05, 4.69) is 42.0 Å². The third kappa shape index (κ3) is 5.51. The molecule has 0 aromatic carbocycles. The average Bonchev–Trinajstić information content (AvgIpc) is 3.33. The van der Waals surface area contributed by atoms with Crippen LogP contribution < -0.4 is 9.80 Å². The van der Waals surface area contributed by atoms with E-state index >= 15 is 0 Å². The van der Waals surface area contributed by atoms with Gasteiger partial charge in [-0.1, -0.05) is 6.08 Å². The van der Waals surface area contributed by atoms with Crippen molar-refractivity contribution in [2.45, 2.75) is 45.8 Å². The molecule has 11 heteroatoms. The molecule has 0 radical (unpaired) electrons. The lowest BCUT2D eigenvalue weighted by Crippen LogP contribution is -2.47. The fourth-order valence-electron chi connectivity index (χ4n) is 4.59.